The quantitative estimate of drug-likeness (QED) is 0.224. The molecule has 0 aromatic rings. The van der Waals surface area contributed by atoms with Gasteiger partial charge in [-0.3, -0.25) is 4.90 Å². The van der Waals surface area contributed by atoms with Gasteiger partial charge in [-0.1, -0.05) is 5.16 Å². The number of hydrogen-bond donors (Lipinski definition) is 2. The third kappa shape index (κ3) is 3.68. The summed E-state index contributed by atoms with van der Waals surface area (Å²) in [5.41, 5.74) is 5.63. The molecule has 0 saturated carbocycles. The SMILES string of the molecule is COCCCCN1CCCC1C(N)=NO. The first-order chi connectivity index (χ1) is 7.29. The third-order valence-corrected chi connectivity index (χ3v) is 2.86. The molecule has 0 amide bonds. The lowest BCUT2D eigenvalue weighted by molar-refractivity contribution is 0.185. The molecule has 0 bridgehead atoms. The first-order valence-corrected chi connectivity index (χ1v) is 5.50. The molecule has 5 heteroatoms. The van der Waals surface area contributed by atoms with Crippen molar-refractivity contribution in [3.63, 3.8) is 0 Å². The van der Waals surface area contributed by atoms with Crippen LogP contribution in [0.4, 0.5) is 0 Å². The van der Waals surface area contributed by atoms with Crippen LogP contribution in [0.15, 0.2) is 5.16 Å². The van der Waals surface area contributed by atoms with Crippen LogP contribution in [-0.4, -0.2) is 48.8 Å². The topological polar surface area (TPSA) is 71.1 Å². The normalized spacial score (nSPS) is 23.5. The van der Waals surface area contributed by atoms with Crippen LogP contribution < -0.4 is 5.73 Å². The van der Waals surface area contributed by atoms with Gasteiger partial charge in [0.1, 0.15) is 0 Å². The largest absolute Gasteiger partial charge is 0.409 e. The second kappa shape index (κ2) is 6.63. The molecule has 1 unspecified atom stereocenters. The zero-order valence-corrected chi connectivity index (χ0v) is 9.35. The summed E-state index contributed by atoms with van der Waals surface area (Å²) in [4.78, 5) is 2.28. The number of hydrogen-bond acceptors (Lipinski definition) is 4. The van der Waals surface area contributed by atoms with E-state index in [9.17, 15) is 0 Å². The lowest BCUT2D eigenvalue weighted by Gasteiger charge is -2.22. The van der Waals surface area contributed by atoms with E-state index in [1.165, 1.54) is 0 Å². The number of amidine groups is 1. The van der Waals surface area contributed by atoms with E-state index < -0.39 is 0 Å². The maximum atomic E-state index is 8.64. The second-order valence-corrected chi connectivity index (χ2v) is 3.92. The summed E-state index contributed by atoms with van der Waals surface area (Å²) in [5.74, 6) is 0.347. The molecule has 1 fully saturated rings. The Hall–Kier alpha value is -0.810. The Morgan fingerprint density at radius 2 is 2.40 bits per heavy atom. The molecule has 1 heterocycles. The van der Waals surface area contributed by atoms with Crippen LogP contribution in [0, 0.1) is 0 Å². The molecule has 15 heavy (non-hydrogen) atoms. The molecular weight excluding hydrogens is 194 g/mol. The molecule has 3 N–H and O–H groups in total. The highest BCUT2D eigenvalue weighted by molar-refractivity contribution is 5.85. The zero-order chi connectivity index (χ0) is 11.1. The maximum Gasteiger partial charge on any atom is 0.156 e. The highest BCUT2D eigenvalue weighted by Crippen LogP contribution is 2.17. The number of nitrogens with zero attached hydrogens (tertiary/aromatic N) is 2. The van der Waals surface area contributed by atoms with Crippen molar-refractivity contribution >= 4 is 5.84 Å². The Balaban J connectivity index is 2.27. The Morgan fingerprint density at radius 1 is 1.60 bits per heavy atom. The van der Waals surface area contributed by atoms with E-state index in [-0.39, 0.29) is 6.04 Å². The van der Waals surface area contributed by atoms with E-state index >= 15 is 0 Å². The van der Waals surface area contributed by atoms with Gasteiger partial charge in [0.2, 0.25) is 0 Å². The molecule has 1 aliphatic heterocycles. The Bertz CT molecular complexity index is 209. The number of likely N-dealkylation sites (tertiary alicyclic amines) is 1. The van der Waals surface area contributed by atoms with E-state index in [0.717, 1.165) is 45.4 Å². The first-order valence-electron chi connectivity index (χ1n) is 5.50. The summed E-state index contributed by atoms with van der Waals surface area (Å²) in [7, 11) is 1.72. The minimum atomic E-state index is 0.137. The standard InChI is InChI=1S/C10H21N3O2/c1-15-8-3-2-6-13-7-4-5-9(13)10(11)12-14/h9,14H,2-8H2,1H3,(H2,11,12). The van der Waals surface area contributed by atoms with Crippen molar-refractivity contribution in [2.75, 3.05) is 26.8 Å². The van der Waals surface area contributed by atoms with E-state index in [0.29, 0.717) is 5.84 Å². The van der Waals surface area contributed by atoms with Crippen molar-refractivity contribution in [2.24, 2.45) is 10.9 Å². The molecule has 5 nitrogen and oxygen atoms in total. The number of methoxy groups -OCH3 is 1. The average Bonchev–Trinajstić information content (AvgIpc) is 2.71. The summed E-state index contributed by atoms with van der Waals surface area (Å²) >= 11 is 0. The smallest absolute Gasteiger partial charge is 0.156 e. The Morgan fingerprint density at radius 3 is 3.07 bits per heavy atom. The van der Waals surface area contributed by atoms with Crippen LogP contribution in [0.2, 0.25) is 0 Å². The van der Waals surface area contributed by atoms with Gasteiger partial charge in [0.25, 0.3) is 0 Å². The number of nitrogens with two attached hydrogens (primary N) is 1. The summed E-state index contributed by atoms with van der Waals surface area (Å²) in [6, 6.07) is 0.137. The molecule has 0 aliphatic carbocycles. The summed E-state index contributed by atoms with van der Waals surface area (Å²) < 4.78 is 5.00. The molecule has 1 saturated heterocycles. The molecule has 0 aromatic heterocycles. The van der Waals surface area contributed by atoms with Gasteiger partial charge in [0.15, 0.2) is 5.84 Å². The highest BCUT2D eigenvalue weighted by Gasteiger charge is 2.27. The second-order valence-electron chi connectivity index (χ2n) is 3.92. The van der Waals surface area contributed by atoms with E-state index in [1.54, 1.807) is 7.11 Å². The fourth-order valence-corrected chi connectivity index (χ4v) is 2.06. The molecule has 0 aromatic carbocycles. The lowest BCUT2D eigenvalue weighted by atomic mass is 10.2. The van der Waals surface area contributed by atoms with Gasteiger partial charge in [0, 0.05) is 13.7 Å². The third-order valence-electron chi connectivity index (χ3n) is 2.86. The van der Waals surface area contributed by atoms with Gasteiger partial charge in [-0.25, -0.2) is 0 Å². The van der Waals surface area contributed by atoms with Gasteiger partial charge >= 0.3 is 0 Å². The predicted molar refractivity (Wildman–Crippen MR) is 59.1 cm³/mol. The number of ether oxygens (including phenoxy) is 1. The van der Waals surface area contributed by atoms with Crippen molar-refractivity contribution in [3.05, 3.63) is 0 Å². The lowest BCUT2D eigenvalue weighted by Crippen LogP contribution is -2.40. The summed E-state index contributed by atoms with van der Waals surface area (Å²) in [6.45, 7) is 2.86. The van der Waals surface area contributed by atoms with Crippen LogP contribution >= 0.6 is 0 Å². The molecule has 1 rings (SSSR count). The monoisotopic (exact) mass is 215 g/mol. The Labute approximate surface area is 90.9 Å². The fraction of sp³-hybridized carbons (Fsp3) is 0.900. The fourth-order valence-electron chi connectivity index (χ4n) is 2.06. The van der Waals surface area contributed by atoms with Gasteiger partial charge in [0.05, 0.1) is 6.04 Å². The van der Waals surface area contributed by atoms with E-state index in [4.69, 9.17) is 15.7 Å². The molecule has 88 valence electrons. The van der Waals surface area contributed by atoms with Gasteiger partial charge in [-0.2, -0.15) is 0 Å². The van der Waals surface area contributed by atoms with Crippen LogP contribution in [0.1, 0.15) is 25.7 Å². The van der Waals surface area contributed by atoms with Crippen molar-refractivity contribution in [1.29, 1.82) is 0 Å². The zero-order valence-electron chi connectivity index (χ0n) is 9.35. The summed E-state index contributed by atoms with van der Waals surface area (Å²) in [6.07, 6.45) is 4.30. The molecular formula is C10H21N3O2. The van der Waals surface area contributed by atoms with Gasteiger partial charge in [-0.15, -0.1) is 0 Å². The van der Waals surface area contributed by atoms with E-state index in [2.05, 4.69) is 10.1 Å². The summed E-state index contributed by atoms with van der Waals surface area (Å²) in [5, 5.41) is 11.7. The van der Waals surface area contributed by atoms with Crippen LogP contribution in [0.3, 0.4) is 0 Å². The Kier molecular flexibility index (Phi) is 5.42. The molecule has 1 aliphatic rings. The number of unbranched alkanes of at least 4 members (excludes halogenated alkanes) is 1. The van der Waals surface area contributed by atoms with Crippen molar-refractivity contribution in [1.82, 2.24) is 4.90 Å². The first kappa shape index (κ1) is 12.3. The van der Waals surface area contributed by atoms with Crippen LogP contribution in [-0.2, 0) is 4.74 Å². The highest BCUT2D eigenvalue weighted by atomic mass is 16.5. The number of oxime groups is 1. The number of rotatable bonds is 6. The molecule has 0 radical (unpaired) electrons. The predicted octanol–water partition coefficient (Wildman–Crippen LogP) is 0.624. The van der Waals surface area contributed by atoms with Crippen molar-refractivity contribution < 1.29 is 9.94 Å². The van der Waals surface area contributed by atoms with Crippen molar-refractivity contribution in [2.45, 2.75) is 31.7 Å². The minimum absolute atomic E-state index is 0.137. The van der Waals surface area contributed by atoms with E-state index in [1.807, 2.05) is 0 Å². The molecule has 0 spiro atoms. The average molecular weight is 215 g/mol. The van der Waals surface area contributed by atoms with Crippen LogP contribution in [0.5, 0.6) is 0 Å². The molecule has 1 atom stereocenters. The van der Waals surface area contributed by atoms with Gasteiger partial charge < -0.3 is 15.7 Å². The van der Waals surface area contributed by atoms with Gasteiger partial charge in [-0.05, 0) is 38.8 Å². The van der Waals surface area contributed by atoms with Crippen LogP contribution in [0.25, 0.3) is 0 Å². The van der Waals surface area contributed by atoms with Crippen molar-refractivity contribution in [3.8, 4) is 0 Å². The minimum Gasteiger partial charge on any atom is -0.409 e. The maximum absolute atomic E-state index is 8.64.